The first-order valence-corrected chi connectivity index (χ1v) is 21.2. The average molecular weight is 813 g/mol. The third kappa shape index (κ3) is 8.92. The van der Waals surface area contributed by atoms with Gasteiger partial charge in [0.1, 0.15) is 35.1 Å². The van der Waals surface area contributed by atoms with Crippen LogP contribution in [0.25, 0.3) is 10.9 Å². The van der Waals surface area contributed by atoms with E-state index in [0.717, 1.165) is 6.42 Å². The summed E-state index contributed by atoms with van der Waals surface area (Å²) in [5.74, 6) is -1.98. The molecule has 6 rings (SSSR count). The van der Waals surface area contributed by atoms with E-state index in [-0.39, 0.29) is 43.1 Å². The van der Waals surface area contributed by atoms with Crippen molar-refractivity contribution in [3.05, 3.63) is 30.4 Å². The minimum Gasteiger partial charge on any atom is -0.497 e. The van der Waals surface area contributed by atoms with Crippen LogP contribution in [0.4, 0.5) is 4.79 Å². The first-order valence-electron chi connectivity index (χ1n) is 19.8. The predicted molar refractivity (Wildman–Crippen MR) is 210 cm³/mol. The van der Waals surface area contributed by atoms with Gasteiger partial charge >= 0.3 is 12.1 Å². The number of allylic oxidation sites excluding steroid dienone is 1. The summed E-state index contributed by atoms with van der Waals surface area (Å²) >= 11 is 0. The number of sulfonamides is 1. The molecule has 2 aliphatic carbocycles. The molecule has 0 bridgehead atoms. The number of alkyl carbamates (subject to hydrolysis) is 1. The molecule has 4 aliphatic rings. The van der Waals surface area contributed by atoms with Crippen LogP contribution in [0, 0.1) is 17.8 Å². The van der Waals surface area contributed by atoms with Gasteiger partial charge in [-0.05, 0) is 89.7 Å². The Labute approximate surface area is 334 Å². The van der Waals surface area contributed by atoms with Crippen LogP contribution in [0.3, 0.4) is 0 Å². The van der Waals surface area contributed by atoms with Crippen molar-refractivity contribution in [3.63, 3.8) is 0 Å². The third-order valence-corrected chi connectivity index (χ3v) is 13.9. The largest absolute Gasteiger partial charge is 0.497 e. The lowest BCUT2D eigenvalue weighted by Crippen LogP contribution is -2.59. The highest BCUT2D eigenvalue weighted by Crippen LogP contribution is 2.49. The summed E-state index contributed by atoms with van der Waals surface area (Å²) in [6.45, 7) is 10.8. The number of amides is 4. The van der Waals surface area contributed by atoms with Crippen LogP contribution in [0.15, 0.2) is 30.4 Å². The Morgan fingerprint density at radius 3 is 2.46 bits per heavy atom. The molecule has 17 heteroatoms. The van der Waals surface area contributed by atoms with Gasteiger partial charge in [-0.2, -0.15) is 9.97 Å². The van der Waals surface area contributed by atoms with Crippen LogP contribution < -0.4 is 29.6 Å². The van der Waals surface area contributed by atoms with Gasteiger partial charge in [0.05, 0.1) is 36.4 Å². The van der Waals surface area contributed by atoms with E-state index < -0.39 is 73.8 Å². The molecule has 0 radical (unpaired) electrons. The number of methoxy groups -OCH3 is 2. The quantitative estimate of drug-likeness (QED) is 0.306. The van der Waals surface area contributed by atoms with Gasteiger partial charge in [0.2, 0.25) is 27.7 Å². The summed E-state index contributed by atoms with van der Waals surface area (Å²) in [6.07, 6.45) is 5.68. The highest BCUT2D eigenvalue weighted by atomic mass is 32.2. The maximum atomic E-state index is 14.8. The smallest absolute Gasteiger partial charge is 0.408 e. The van der Waals surface area contributed by atoms with Crippen LogP contribution in [-0.4, -0.2) is 102 Å². The molecule has 2 aromatic rings. The lowest BCUT2D eigenvalue weighted by molar-refractivity contribution is -0.142. The lowest BCUT2D eigenvalue weighted by Gasteiger charge is -2.33. The predicted octanol–water partition coefficient (Wildman–Crippen LogP) is 4.16. The Morgan fingerprint density at radius 1 is 1.07 bits per heavy atom. The molecule has 57 heavy (non-hydrogen) atoms. The molecule has 2 aliphatic heterocycles. The molecule has 3 N–H and O–H groups in total. The number of aromatic nitrogens is 2. The van der Waals surface area contributed by atoms with Crippen molar-refractivity contribution in [2.75, 3.05) is 20.8 Å². The Balaban J connectivity index is 1.37. The number of nitrogens with zero attached hydrogens (tertiary/aromatic N) is 3. The molecule has 2 saturated carbocycles. The number of ether oxygens (including phenoxy) is 4. The number of nitrogens with one attached hydrogen (secondary N) is 3. The number of fused-ring (bicyclic) bond motifs is 3. The Bertz CT molecular complexity index is 2030. The second-order valence-corrected chi connectivity index (χ2v) is 19.1. The SMILES string of the molecule is CCC1(S(=O)(=O)NC(=O)[C@@]23C[C@H]2/C=C\CC[C@@H](C)C[C@@H](C)[C@H](NC(=O)OC(C)(C)C)C(=O)N2C[C@H](Oc4nc(OC)nc5cc(OC)ccc45)C[C@H]2C(=O)N3)CC1. The van der Waals surface area contributed by atoms with Gasteiger partial charge in [0.25, 0.3) is 5.91 Å². The van der Waals surface area contributed by atoms with Crippen LogP contribution in [0.2, 0.25) is 0 Å². The van der Waals surface area contributed by atoms with E-state index in [1.54, 1.807) is 45.9 Å². The van der Waals surface area contributed by atoms with Crippen molar-refractivity contribution < 1.29 is 46.5 Å². The fourth-order valence-corrected chi connectivity index (χ4v) is 9.71. The molecule has 1 saturated heterocycles. The van der Waals surface area contributed by atoms with Gasteiger partial charge in [0, 0.05) is 18.4 Å². The Morgan fingerprint density at radius 2 is 1.81 bits per heavy atom. The van der Waals surface area contributed by atoms with E-state index in [2.05, 4.69) is 32.2 Å². The van der Waals surface area contributed by atoms with E-state index in [1.807, 2.05) is 19.1 Å². The monoisotopic (exact) mass is 812 g/mol. The van der Waals surface area contributed by atoms with Crippen LogP contribution >= 0.6 is 0 Å². The van der Waals surface area contributed by atoms with Gasteiger partial charge in [0.15, 0.2) is 0 Å². The van der Waals surface area contributed by atoms with E-state index in [4.69, 9.17) is 18.9 Å². The summed E-state index contributed by atoms with van der Waals surface area (Å²) < 4.78 is 50.9. The number of carbonyl (C=O) groups is 4. The fourth-order valence-electron chi connectivity index (χ4n) is 8.05. The van der Waals surface area contributed by atoms with Crippen molar-refractivity contribution in [2.45, 2.75) is 127 Å². The minimum absolute atomic E-state index is 0.0130. The molecule has 3 fully saturated rings. The highest BCUT2D eigenvalue weighted by molar-refractivity contribution is 7.91. The summed E-state index contributed by atoms with van der Waals surface area (Å²) in [7, 11) is -1.07. The Kier molecular flexibility index (Phi) is 11.7. The van der Waals surface area contributed by atoms with E-state index in [1.165, 1.54) is 19.1 Å². The van der Waals surface area contributed by atoms with Gasteiger partial charge < -0.3 is 34.5 Å². The lowest BCUT2D eigenvalue weighted by atomic mass is 9.88. The molecule has 16 nitrogen and oxygen atoms in total. The van der Waals surface area contributed by atoms with E-state index >= 15 is 0 Å². The molecule has 7 atom stereocenters. The zero-order chi connectivity index (χ0) is 41.5. The van der Waals surface area contributed by atoms with Crippen LogP contribution in [0.1, 0.15) is 92.9 Å². The molecule has 1 aromatic heterocycles. The van der Waals surface area contributed by atoms with Gasteiger partial charge in [-0.1, -0.05) is 32.9 Å². The summed E-state index contributed by atoms with van der Waals surface area (Å²) in [5, 5.41) is 6.25. The van der Waals surface area contributed by atoms with Crippen molar-refractivity contribution in [2.24, 2.45) is 17.8 Å². The standard InChI is InChI=1S/C40H56N6O10S/c1-9-39(16-17-39)57(51,52)45-35(49)40-21-25(40)13-11-10-12-23(2)18-24(3)31(42-37(50)56-38(4,5)6)34(48)46-22-27(20-30(46)32(47)44-40)55-33-28-15-14-26(53-7)19-29(28)41-36(43-33)54-8/h11,13-15,19,23-25,27,30-31H,9-10,12,16-18,20-22H2,1-8H3,(H,42,50)(H,44,47)(H,45,49)/b13-11-/t23-,24-,25-,27-,30+,31+,40-/m1/s1. The molecule has 0 unspecified atom stereocenters. The molecular formula is C40H56N6O10S. The minimum atomic E-state index is -4.03. The molecule has 312 valence electrons. The topological polar surface area (TPSA) is 204 Å². The molecule has 4 amide bonds. The van der Waals surface area contributed by atoms with Crippen LogP contribution in [-0.2, 0) is 29.1 Å². The maximum absolute atomic E-state index is 14.8. The van der Waals surface area contributed by atoms with Crippen molar-refractivity contribution in [3.8, 4) is 17.6 Å². The van der Waals surface area contributed by atoms with E-state index in [9.17, 15) is 27.6 Å². The van der Waals surface area contributed by atoms with Crippen molar-refractivity contribution in [1.29, 1.82) is 0 Å². The van der Waals surface area contributed by atoms with Crippen LogP contribution in [0.5, 0.6) is 17.6 Å². The Hall–Kier alpha value is -4.67. The first kappa shape index (κ1) is 41.9. The first-order chi connectivity index (χ1) is 26.8. The molecule has 0 spiro atoms. The van der Waals surface area contributed by atoms with Crippen molar-refractivity contribution >= 4 is 44.7 Å². The normalized spacial score (nSPS) is 29.4. The number of rotatable bonds is 9. The second-order valence-electron chi connectivity index (χ2n) is 17.1. The average Bonchev–Trinajstić information content (AvgIpc) is 4.05. The highest BCUT2D eigenvalue weighted by Gasteiger charge is 2.63. The number of carbonyl (C=O) groups excluding carboxylic acids is 4. The number of benzene rings is 1. The summed E-state index contributed by atoms with van der Waals surface area (Å²) in [5.41, 5.74) is -1.91. The maximum Gasteiger partial charge on any atom is 0.408 e. The van der Waals surface area contributed by atoms with Gasteiger partial charge in [-0.3, -0.25) is 19.1 Å². The molecular weight excluding hydrogens is 757 g/mol. The summed E-state index contributed by atoms with van der Waals surface area (Å²) in [4.78, 5) is 67.0. The zero-order valence-electron chi connectivity index (χ0n) is 34.0. The number of hydrogen-bond acceptors (Lipinski definition) is 12. The van der Waals surface area contributed by atoms with Gasteiger partial charge in [-0.15, -0.1) is 0 Å². The molecule has 1 aromatic carbocycles. The fraction of sp³-hybridized carbons (Fsp3) is 0.650. The zero-order valence-corrected chi connectivity index (χ0v) is 34.9. The van der Waals surface area contributed by atoms with Gasteiger partial charge in [-0.25, -0.2) is 13.2 Å². The van der Waals surface area contributed by atoms with E-state index in [0.29, 0.717) is 48.8 Å². The summed E-state index contributed by atoms with van der Waals surface area (Å²) in [6, 6.07) is 2.95. The second kappa shape index (κ2) is 15.9. The molecule has 3 heterocycles. The third-order valence-electron chi connectivity index (χ3n) is 11.6. The van der Waals surface area contributed by atoms with Crippen molar-refractivity contribution in [1.82, 2.24) is 30.2 Å². The number of hydrogen-bond donors (Lipinski definition) is 3.